The first-order valence-corrected chi connectivity index (χ1v) is 5.76. The van der Waals surface area contributed by atoms with E-state index in [0.29, 0.717) is 17.0 Å². The summed E-state index contributed by atoms with van der Waals surface area (Å²) in [7, 11) is 0. The fourth-order valence-electron chi connectivity index (χ4n) is 1.77. The second-order valence-corrected chi connectivity index (χ2v) is 3.97. The monoisotopic (exact) mass is 267 g/mol. The van der Waals surface area contributed by atoms with Crippen LogP contribution in [0.1, 0.15) is 10.6 Å². The minimum atomic E-state index is -1.18. The first-order chi connectivity index (χ1) is 9.74. The predicted molar refractivity (Wildman–Crippen MR) is 71.8 cm³/mol. The summed E-state index contributed by atoms with van der Waals surface area (Å²) in [6.07, 6.45) is 4.56. The van der Waals surface area contributed by atoms with E-state index in [1.807, 2.05) is 12.1 Å². The smallest absolute Gasteiger partial charge is 0.374 e. The number of nitrogens with zero attached hydrogens (tertiary/aromatic N) is 4. The van der Waals surface area contributed by atoms with Crippen molar-refractivity contribution in [2.24, 2.45) is 0 Å². The fourth-order valence-corrected chi connectivity index (χ4v) is 1.77. The molecule has 3 rings (SSSR count). The van der Waals surface area contributed by atoms with Crippen molar-refractivity contribution >= 4 is 28.4 Å². The molecule has 7 nitrogen and oxygen atoms in total. The van der Waals surface area contributed by atoms with Crippen molar-refractivity contribution in [1.82, 2.24) is 19.9 Å². The third-order valence-corrected chi connectivity index (χ3v) is 2.62. The average Bonchev–Trinajstić information content (AvgIpc) is 2.48. The van der Waals surface area contributed by atoms with Crippen molar-refractivity contribution in [2.45, 2.75) is 0 Å². The van der Waals surface area contributed by atoms with Crippen LogP contribution in [0.5, 0.6) is 0 Å². The Labute approximate surface area is 113 Å². The average molecular weight is 267 g/mol. The molecule has 0 radical (unpaired) electrons. The summed E-state index contributed by atoms with van der Waals surface area (Å²) < 4.78 is 0. The van der Waals surface area contributed by atoms with Crippen molar-refractivity contribution in [2.75, 3.05) is 5.32 Å². The van der Waals surface area contributed by atoms with Crippen LogP contribution in [0, 0.1) is 0 Å². The zero-order valence-electron chi connectivity index (χ0n) is 10.2. The molecule has 20 heavy (non-hydrogen) atoms. The van der Waals surface area contributed by atoms with Crippen LogP contribution in [0.25, 0.3) is 10.9 Å². The molecule has 0 aliphatic heterocycles. The molecule has 98 valence electrons. The lowest BCUT2D eigenvalue weighted by molar-refractivity contribution is 0.0684. The van der Waals surface area contributed by atoms with Crippen LogP contribution in [0.4, 0.5) is 11.5 Å². The van der Waals surface area contributed by atoms with Gasteiger partial charge in [-0.2, -0.15) is 0 Å². The molecule has 2 aromatic heterocycles. The highest BCUT2D eigenvalue weighted by molar-refractivity contribution is 5.94. The van der Waals surface area contributed by atoms with E-state index in [2.05, 4.69) is 25.3 Å². The molecule has 0 aliphatic rings. The van der Waals surface area contributed by atoms with E-state index >= 15 is 0 Å². The zero-order chi connectivity index (χ0) is 13.9. The van der Waals surface area contributed by atoms with Crippen molar-refractivity contribution < 1.29 is 9.90 Å². The molecule has 0 aliphatic carbocycles. The van der Waals surface area contributed by atoms with Gasteiger partial charge in [-0.3, -0.25) is 0 Å². The maximum Gasteiger partial charge on any atom is 0.374 e. The Morgan fingerprint density at radius 3 is 2.60 bits per heavy atom. The minimum Gasteiger partial charge on any atom is -0.475 e. The van der Waals surface area contributed by atoms with Crippen LogP contribution < -0.4 is 5.32 Å². The first-order valence-electron chi connectivity index (χ1n) is 5.76. The number of aromatic nitrogens is 4. The molecule has 0 atom stereocenters. The molecule has 2 N–H and O–H groups in total. The molecule has 0 bridgehead atoms. The summed E-state index contributed by atoms with van der Waals surface area (Å²) >= 11 is 0. The second-order valence-electron chi connectivity index (χ2n) is 3.97. The first kappa shape index (κ1) is 12.0. The van der Waals surface area contributed by atoms with Crippen LogP contribution in [0.15, 0.2) is 43.0 Å². The topological polar surface area (TPSA) is 101 Å². The van der Waals surface area contributed by atoms with E-state index in [4.69, 9.17) is 5.11 Å². The summed E-state index contributed by atoms with van der Waals surface area (Å²) in [6.45, 7) is 0. The van der Waals surface area contributed by atoms with Crippen LogP contribution >= 0.6 is 0 Å². The molecule has 0 spiro atoms. The van der Waals surface area contributed by atoms with Crippen molar-refractivity contribution in [3.05, 3.63) is 48.8 Å². The van der Waals surface area contributed by atoms with Crippen LogP contribution in [0.2, 0.25) is 0 Å². The van der Waals surface area contributed by atoms with E-state index in [1.54, 1.807) is 24.5 Å². The molecule has 7 heteroatoms. The number of rotatable bonds is 3. The number of fused-ring (bicyclic) bond motifs is 1. The SMILES string of the molecule is O=C(O)c1nc(Nc2cncnc2)c2ccccc2n1. The van der Waals surface area contributed by atoms with Gasteiger partial charge in [-0.1, -0.05) is 12.1 Å². The van der Waals surface area contributed by atoms with Gasteiger partial charge in [0, 0.05) is 5.39 Å². The Balaban J connectivity index is 2.15. The number of hydrogen-bond donors (Lipinski definition) is 2. The largest absolute Gasteiger partial charge is 0.475 e. The molecule has 0 amide bonds. The molecule has 0 saturated carbocycles. The van der Waals surface area contributed by atoms with Gasteiger partial charge in [-0.15, -0.1) is 0 Å². The van der Waals surface area contributed by atoms with Gasteiger partial charge in [0.25, 0.3) is 0 Å². The lowest BCUT2D eigenvalue weighted by atomic mass is 10.2. The summed E-state index contributed by atoms with van der Waals surface area (Å²) in [5.74, 6) is -1.03. The van der Waals surface area contributed by atoms with E-state index in [9.17, 15) is 4.79 Å². The molecule has 0 fully saturated rings. The summed E-state index contributed by atoms with van der Waals surface area (Å²) in [4.78, 5) is 26.9. The van der Waals surface area contributed by atoms with Gasteiger partial charge >= 0.3 is 5.97 Å². The molecule has 2 heterocycles. The van der Waals surface area contributed by atoms with Crippen LogP contribution in [0.3, 0.4) is 0 Å². The van der Waals surface area contributed by atoms with E-state index in [1.165, 1.54) is 6.33 Å². The third-order valence-electron chi connectivity index (χ3n) is 2.62. The Hall–Kier alpha value is -3.09. The molecular formula is C13H9N5O2. The number of aromatic carboxylic acids is 1. The number of carboxylic acid groups (broad SMARTS) is 1. The van der Waals surface area contributed by atoms with E-state index in [-0.39, 0.29) is 5.82 Å². The Morgan fingerprint density at radius 2 is 1.85 bits per heavy atom. The van der Waals surface area contributed by atoms with Crippen molar-refractivity contribution in [3.63, 3.8) is 0 Å². The maximum atomic E-state index is 11.1. The Bertz CT molecular complexity index is 776. The highest BCUT2D eigenvalue weighted by Crippen LogP contribution is 2.22. The second kappa shape index (κ2) is 4.88. The standard InChI is InChI=1S/C13H9N5O2/c19-13(20)12-17-10-4-2-1-3-9(10)11(18-12)16-8-5-14-7-15-6-8/h1-7H,(H,19,20)(H,16,17,18). The lowest BCUT2D eigenvalue weighted by Gasteiger charge is -2.08. The lowest BCUT2D eigenvalue weighted by Crippen LogP contribution is -2.07. The molecular weight excluding hydrogens is 258 g/mol. The Morgan fingerprint density at radius 1 is 1.10 bits per heavy atom. The molecule has 3 aromatic rings. The minimum absolute atomic E-state index is 0.261. The number of para-hydroxylation sites is 1. The van der Waals surface area contributed by atoms with Gasteiger partial charge in [0.05, 0.1) is 23.6 Å². The van der Waals surface area contributed by atoms with Crippen molar-refractivity contribution in [3.8, 4) is 0 Å². The molecule has 0 saturated heterocycles. The summed E-state index contributed by atoms with van der Waals surface area (Å²) in [5, 5.41) is 12.8. The number of hydrogen-bond acceptors (Lipinski definition) is 6. The summed E-state index contributed by atoms with van der Waals surface area (Å²) in [5.41, 5.74) is 1.17. The zero-order valence-corrected chi connectivity index (χ0v) is 10.2. The molecule has 1 aromatic carbocycles. The number of carboxylic acids is 1. The normalized spacial score (nSPS) is 10.4. The highest BCUT2D eigenvalue weighted by Gasteiger charge is 2.12. The number of carbonyl (C=O) groups is 1. The number of benzene rings is 1. The summed E-state index contributed by atoms with van der Waals surface area (Å²) in [6, 6.07) is 7.17. The third kappa shape index (κ3) is 2.24. The van der Waals surface area contributed by atoms with Crippen LogP contribution in [-0.2, 0) is 0 Å². The number of nitrogens with one attached hydrogen (secondary N) is 1. The van der Waals surface area contributed by atoms with Crippen molar-refractivity contribution in [1.29, 1.82) is 0 Å². The molecule has 0 unspecified atom stereocenters. The number of anilines is 2. The van der Waals surface area contributed by atoms with Gasteiger partial charge in [0.2, 0.25) is 5.82 Å². The predicted octanol–water partition coefficient (Wildman–Crippen LogP) is 1.86. The highest BCUT2D eigenvalue weighted by atomic mass is 16.4. The van der Waals surface area contributed by atoms with Gasteiger partial charge in [0.1, 0.15) is 12.1 Å². The van der Waals surface area contributed by atoms with Gasteiger partial charge in [-0.05, 0) is 12.1 Å². The maximum absolute atomic E-state index is 11.1. The van der Waals surface area contributed by atoms with E-state index in [0.717, 1.165) is 5.39 Å². The fraction of sp³-hybridized carbons (Fsp3) is 0. The quantitative estimate of drug-likeness (QED) is 0.746. The Kier molecular flexibility index (Phi) is 2.92. The van der Waals surface area contributed by atoms with Gasteiger partial charge < -0.3 is 10.4 Å². The van der Waals surface area contributed by atoms with Gasteiger partial charge in [0.15, 0.2) is 0 Å². The van der Waals surface area contributed by atoms with E-state index < -0.39 is 5.97 Å². The van der Waals surface area contributed by atoms with Crippen LogP contribution in [-0.4, -0.2) is 31.0 Å². The van der Waals surface area contributed by atoms with Gasteiger partial charge in [-0.25, -0.2) is 24.7 Å².